The van der Waals surface area contributed by atoms with E-state index in [-0.39, 0.29) is 30.7 Å². The van der Waals surface area contributed by atoms with Crippen molar-refractivity contribution in [2.75, 3.05) is 20.1 Å². The van der Waals surface area contributed by atoms with Gasteiger partial charge in [-0.2, -0.15) is 0 Å². The number of halogens is 2. The Bertz CT molecular complexity index is 352. The second kappa shape index (κ2) is 11.5. The summed E-state index contributed by atoms with van der Waals surface area (Å²) in [4.78, 5) is 17.1. The van der Waals surface area contributed by atoms with Gasteiger partial charge in [0.25, 0.3) is 0 Å². The first-order valence-electron chi connectivity index (χ1n) is 5.97. The van der Waals surface area contributed by atoms with E-state index in [0.29, 0.717) is 13.0 Å². The number of rotatable bonds is 7. The third-order valence-electron chi connectivity index (χ3n) is 2.56. The van der Waals surface area contributed by atoms with Gasteiger partial charge < -0.3 is 10.6 Å². The van der Waals surface area contributed by atoms with Gasteiger partial charge in [0.2, 0.25) is 5.91 Å². The van der Waals surface area contributed by atoms with Crippen molar-refractivity contribution < 1.29 is 4.79 Å². The Morgan fingerprint density at radius 3 is 2.47 bits per heavy atom. The van der Waals surface area contributed by atoms with Crippen molar-refractivity contribution >= 4 is 42.1 Å². The van der Waals surface area contributed by atoms with Crippen molar-refractivity contribution in [3.05, 3.63) is 15.6 Å². The molecule has 0 aromatic carbocycles. The van der Waals surface area contributed by atoms with Crippen LogP contribution in [0.1, 0.15) is 28.4 Å². The SMILES string of the molecule is CNCCCC(=O)NCCc1nc(C)c(C)s1.Cl.Cl. The number of thiazole rings is 1. The first-order chi connectivity index (χ1) is 8.13. The topological polar surface area (TPSA) is 54.0 Å². The number of aryl methyl sites for hydroxylation is 2. The van der Waals surface area contributed by atoms with Crippen LogP contribution in [-0.2, 0) is 11.2 Å². The fraction of sp³-hybridized carbons (Fsp3) is 0.667. The molecule has 1 rings (SSSR count). The van der Waals surface area contributed by atoms with E-state index in [4.69, 9.17) is 0 Å². The quantitative estimate of drug-likeness (QED) is 0.755. The van der Waals surface area contributed by atoms with Crippen LogP contribution in [0.3, 0.4) is 0 Å². The molecule has 0 aliphatic carbocycles. The minimum Gasteiger partial charge on any atom is -0.356 e. The lowest BCUT2D eigenvalue weighted by molar-refractivity contribution is -0.121. The average Bonchev–Trinajstić information content (AvgIpc) is 2.59. The third kappa shape index (κ3) is 8.42. The fourth-order valence-corrected chi connectivity index (χ4v) is 2.40. The van der Waals surface area contributed by atoms with Gasteiger partial charge in [0, 0.05) is 24.3 Å². The summed E-state index contributed by atoms with van der Waals surface area (Å²) in [7, 11) is 1.89. The molecule has 19 heavy (non-hydrogen) atoms. The van der Waals surface area contributed by atoms with Crippen molar-refractivity contribution in [2.45, 2.75) is 33.1 Å². The Balaban J connectivity index is 0. The van der Waals surface area contributed by atoms with Crippen LogP contribution in [0.15, 0.2) is 0 Å². The van der Waals surface area contributed by atoms with Gasteiger partial charge in [0.15, 0.2) is 0 Å². The smallest absolute Gasteiger partial charge is 0.220 e. The molecule has 4 nitrogen and oxygen atoms in total. The van der Waals surface area contributed by atoms with Crippen LogP contribution in [0.5, 0.6) is 0 Å². The maximum Gasteiger partial charge on any atom is 0.220 e. The van der Waals surface area contributed by atoms with Crippen molar-refractivity contribution in [3.63, 3.8) is 0 Å². The van der Waals surface area contributed by atoms with Gasteiger partial charge in [-0.25, -0.2) is 4.98 Å². The molecule has 0 atom stereocenters. The van der Waals surface area contributed by atoms with Crippen molar-refractivity contribution in [2.24, 2.45) is 0 Å². The molecule has 0 saturated heterocycles. The van der Waals surface area contributed by atoms with E-state index in [0.717, 1.165) is 30.1 Å². The Morgan fingerprint density at radius 1 is 1.26 bits per heavy atom. The van der Waals surface area contributed by atoms with Gasteiger partial charge in [0.05, 0.1) is 10.7 Å². The zero-order chi connectivity index (χ0) is 12.7. The first kappa shape index (κ1) is 20.9. The van der Waals surface area contributed by atoms with Gasteiger partial charge in [-0.3, -0.25) is 4.79 Å². The lowest BCUT2D eigenvalue weighted by atomic mass is 10.3. The highest BCUT2D eigenvalue weighted by molar-refractivity contribution is 7.11. The molecule has 0 fully saturated rings. The summed E-state index contributed by atoms with van der Waals surface area (Å²) < 4.78 is 0. The number of carbonyl (C=O) groups is 1. The van der Waals surface area contributed by atoms with Crippen LogP contribution in [0.2, 0.25) is 0 Å². The Kier molecular flexibility index (Phi) is 12.6. The van der Waals surface area contributed by atoms with Crippen LogP contribution in [-0.4, -0.2) is 31.0 Å². The van der Waals surface area contributed by atoms with Crippen LogP contribution in [0.25, 0.3) is 0 Å². The van der Waals surface area contributed by atoms with Crippen LogP contribution >= 0.6 is 36.2 Å². The summed E-state index contributed by atoms with van der Waals surface area (Å²) in [5.41, 5.74) is 1.10. The van der Waals surface area contributed by atoms with Crippen LogP contribution < -0.4 is 10.6 Å². The zero-order valence-electron chi connectivity index (χ0n) is 11.6. The second-order valence-corrected chi connectivity index (χ2v) is 5.34. The standard InChI is InChI=1S/C12H21N3OS.2ClH/c1-9-10(2)17-12(15-9)6-8-14-11(16)5-4-7-13-3;;/h13H,4-8H2,1-3H3,(H,14,16);2*1H. The summed E-state index contributed by atoms with van der Waals surface area (Å²) in [6.45, 7) is 5.67. The molecule has 112 valence electrons. The van der Waals surface area contributed by atoms with Gasteiger partial charge in [0.1, 0.15) is 0 Å². The molecule has 0 spiro atoms. The molecule has 0 radical (unpaired) electrons. The number of carbonyl (C=O) groups excluding carboxylic acids is 1. The lowest BCUT2D eigenvalue weighted by Gasteiger charge is -2.03. The maximum absolute atomic E-state index is 11.4. The molecule has 1 aromatic heterocycles. The summed E-state index contributed by atoms with van der Waals surface area (Å²) in [5, 5.41) is 7.05. The zero-order valence-corrected chi connectivity index (χ0v) is 14.1. The Morgan fingerprint density at radius 2 is 1.95 bits per heavy atom. The summed E-state index contributed by atoms with van der Waals surface area (Å²) in [6, 6.07) is 0. The molecule has 0 unspecified atom stereocenters. The van der Waals surface area contributed by atoms with E-state index >= 15 is 0 Å². The van der Waals surface area contributed by atoms with Gasteiger partial charge in [-0.15, -0.1) is 36.2 Å². The van der Waals surface area contributed by atoms with Gasteiger partial charge in [-0.1, -0.05) is 0 Å². The molecule has 0 saturated carbocycles. The Labute approximate surface area is 131 Å². The Hall–Kier alpha value is -0.360. The summed E-state index contributed by atoms with van der Waals surface area (Å²) in [6.07, 6.45) is 2.31. The number of nitrogens with one attached hydrogen (secondary N) is 2. The highest BCUT2D eigenvalue weighted by Crippen LogP contribution is 2.16. The molecule has 0 bridgehead atoms. The van der Waals surface area contributed by atoms with E-state index < -0.39 is 0 Å². The molecular formula is C12H23Cl2N3OS. The highest BCUT2D eigenvalue weighted by atomic mass is 35.5. The highest BCUT2D eigenvalue weighted by Gasteiger charge is 2.04. The number of aromatic nitrogens is 1. The number of nitrogens with zero attached hydrogens (tertiary/aromatic N) is 1. The predicted molar refractivity (Wildman–Crippen MR) is 86.0 cm³/mol. The monoisotopic (exact) mass is 327 g/mol. The maximum atomic E-state index is 11.4. The predicted octanol–water partition coefficient (Wildman–Crippen LogP) is 2.26. The second-order valence-electron chi connectivity index (χ2n) is 4.06. The van der Waals surface area contributed by atoms with Gasteiger partial charge in [-0.05, 0) is 33.9 Å². The lowest BCUT2D eigenvalue weighted by Crippen LogP contribution is -2.26. The molecule has 1 heterocycles. The number of hydrogen-bond acceptors (Lipinski definition) is 4. The molecule has 0 aliphatic rings. The van der Waals surface area contributed by atoms with E-state index in [1.165, 1.54) is 4.88 Å². The van der Waals surface area contributed by atoms with Crippen molar-refractivity contribution in [1.29, 1.82) is 0 Å². The molecule has 2 N–H and O–H groups in total. The van der Waals surface area contributed by atoms with Gasteiger partial charge >= 0.3 is 0 Å². The first-order valence-corrected chi connectivity index (χ1v) is 6.79. The minimum atomic E-state index is 0. The largest absolute Gasteiger partial charge is 0.356 e. The molecule has 1 aromatic rings. The number of hydrogen-bond donors (Lipinski definition) is 2. The third-order valence-corrected chi connectivity index (χ3v) is 3.70. The molecule has 0 aliphatic heterocycles. The van der Waals surface area contributed by atoms with Crippen molar-refractivity contribution in [3.8, 4) is 0 Å². The molecule has 7 heteroatoms. The molecular weight excluding hydrogens is 305 g/mol. The van der Waals surface area contributed by atoms with Crippen LogP contribution in [0, 0.1) is 13.8 Å². The van der Waals surface area contributed by atoms with Crippen molar-refractivity contribution in [1.82, 2.24) is 15.6 Å². The van der Waals surface area contributed by atoms with E-state index in [1.54, 1.807) is 11.3 Å². The normalized spacial score (nSPS) is 9.42. The van der Waals surface area contributed by atoms with Crippen LogP contribution in [0.4, 0.5) is 0 Å². The summed E-state index contributed by atoms with van der Waals surface area (Å²) in [5.74, 6) is 0.130. The van der Waals surface area contributed by atoms with E-state index in [9.17, 15) is 4.79 Å². The minimum absolute atomic E-state index is 0. The van der Waals surface area contributed by atoms with E-state index in [2.05, 4.69) is 22.5 Å². The van der Waals surface area contributed by atoms with E-state index in [1.807, 2.05) is 14.0 Å². The summed E-state index contributed by atoms with van der Waals surface area (Å²) >= 11 is 1.72. The average molecular weight is 328 g/mol. The number of amides is 1. The molecule has 1 amide bonds. The fourth-order valence-electron chi connectivity index (χ4n) is 1.47.